The Morgan fingerprint density at radius 1 is 1.50 bits per heavy atom. The molecule has 1 aromatic carbocycles. The van der Waals surface area contributed by atoms with E-state index in [0.29, 0.717) is 13.0 Å². The van der Waals surface area contributed by atoms with Crippen molar-refractivity contribution < 1.29 is 9.90 Å². The minimum absolute atomic E-state index is 0.0862. The summed E-state index contributed by atoms with van der Waals surface area (Å²) < 4.78 is 1.14. The van der Waals surface area contributed by atoms with Crippen molar-refractivity contribution >= 4 is 34.3 Å². The van der Waals surface area contributed by atoms with Gasteiger partial charge >= 0.3 is 6.03 Å². The number of halogens is 1. The molecule has 0 aliphatic heterocycles. The van der Waals surface area contributed by atoms with Crippen LogP contribution in [0.15, 0.2) is 18.2 Å². The Labute approximate surface area is 109 Å². The fourth-order valence-corrected chi connectivity index (χ4v) is 1.86. The highest BCUT2D eigenvalue weighted by Gasteiger charge is 2.03. The van der Waals surface area contributed by atoms with E-state index in [4.69, 9.17) is 5.11 Å². The first-order chi connectivity index (χ1) is 7.63. The van der Waals surface area contributed by atoms with Crippen molar-refractivity contribution in [2.24, 2.45) is 0 Å². The number of carbonyl (C=O) groups is 1. The fourth-order valence-electron chi connectivity index (χ4n) is 1.21. The quantitative estimate of drug-likeness (QED) is 0.583. The molecule has 2 amide bonds. The molecule has 4 nitrogen and oxygen atoms in total. The van der Waals surface area contributed by atoms with Crippen LogP contribution in [-0.2, 0) is 0 Å². The number of hydrogen-bond donors (Lipinski definition) is 3. The van der Waals surface area contributed by atoms with Crippen LogP contribution in [0.1, 0.15) is 12.0 Å². The van der Waals surface area contributed by atoms with Gasteiger partial charge in [-0.2, -0.15) is 0 Å². The van der Waals surface area contributed by atoms with Gasteiger partial charge in [-0.3, -0.25) is 0 Å². The summed E-state index contributed by atoms with van der Waals surface area (Å²) in [5, 5.41) is 14.0. The Balaban J connectivity index is 2.49. The Kier molecular flexibility index (Phi) is 5.54. The molecule has 0 aromatic heterocycles. The van der Waals surface area contributed by atoms with Crippen LogP contribution in [-0.4, -0.2) is 24.3 Å². The standard InChI is InChI=1S/C11H15IN2O2/c1-8-7-9(12)3-4-10(8)14-11(16)13-5-2-6-15/h3-4,7,15H,2,5-6H2,1H3,(H2,13,14,16). The fraction of sp³-hybridized carbons (Fsp3) is 0.364. The van der Waals surface area contributed by atoms with E-state index in [9.17, 15) is 4.79 Å². The summed E-state index contributed by atoms with van der Waals surface area (Å²) in [6.07, 6.45) is 0.569. The highest BCUT2D eigenvalue weighted by Crippen LogP contribution is 2.17. The van der Waals surface area contributed by atoms with Crippen molar-refractivity contribution in [2.45, 2.75) is 13.3 Å². The van der Waals surface area contributed by atoms with Gasteiger partial charge in [0.2, 0.25) is 0 Å². The summed E-state index contributed by atoms with van der Waals surface area (Å²) in [6.45, 7) is 2.51. The minimum Gasteiger partial charge on any atom is -0.396 e. The van der Waals surface area contributed by atoms with Crippen LogP contribution < -0.4 is 10.6 Å². The Bertz CT molecular complexity index is 369. The van der Waals surface area contributed by atoms with Gasteiger partial charge in [0.15, 0.2) is 0 Å². The van der Waals surface area contributed by atoms with Gasteiger partial charge in [-0.15, -0.1) is 0 Å². The molecule has 1 aromatic rings. The molecule has 0 unspecified atom stereocenters. The summed E-state index contributed by atoms with van der Waals surface area (Å²) in [4.78, 5) is 11.4. The second-order valence-corrected chi connectivity index (χ2v) is 4.66. The third kappa shape index (κ3) is 4.36. The first kappa shape index (κ1) is 13.2. The molecule has 0 saturated carbocycles. The summed E-state index contributed by atoms with van der Waals surface area (Å²) in [5.74, 6) is 0. The molecule has 1 rings (SSSR count). The number of rotatable bonds is 4. The number of amides is 2. The average Bonchev–Trinajstić information content (AvgIpc) is 2.23. The average molecular weight is 334 g/mol. The lowest BCUT2D eigenvalue weighted by molar-refractivity contribution is 0.249. The molecule has 0 spiro atoms. The van der Waals surface area contributed by atoms with E-state index in [1.165, 1.54) is 0 Å². The van der Waals surface area contributed by atoms with Crippen molar-refractivity contribution in [2.75, 3.05) is 18.5 Å². The first-order valence-corrected chi connectivity index (χ1v) is 6.13. The molecular formula is C11H15IN2O2. The molecule has 88 valence electrons. The molecule has 0 bridgehead atoms. The number of urea groups is 1. The van der Waals surface area contributed by atoms with Crippen LogP contribution in [0.3, 0.4) is 0 Å². The van der Waals surface area contributed by atoms with E-state index in [1.54, 1.807) is 0 Å². The van der Waals surface area contributed by atoms with Crippen LogP contribution in [0.4, 0.5) is 10.5 Å². The summed E-state index contributed by atoms with van der Waals surface area (Å²) >= 11 is 2.23. The Morgan fingerprint density at radius 3 is 2.88 bits per heavy atom. The van der Waals surface area contributed by atoms with Gasteiger partial charge in [-0.1, -0.05) is 0 Å². The molecule has 0 aliphatic rings. The molecule has 5 heteroatoms. The second kappa shape index (κ2) is 6.70. The lowest BCUT2D eigenvalue weighted by atomic mass is 10.2. The highest BCUT2D eigenvalue weighted by atomic mass is 127. The van der Waals surface area contributed by atoms with Gasteiger partial charge in [0.25, 0.3) is 0 Å². The lowest BCUT2D eigenvalue weighted by Crippen LogP contribution is -2.30. The van der Waals surface area contributed by atoms with Crippen molar-refractivity contribution in [3.05, 3.63) is 27.3 Å². The summed E-state index contributed by atoms with van der Waals surface area (Å²) in [6, 6.07) is 5.58. The van der Waals surface area contributed by atoms with E-state index in [-0.39, 0.29) is 12.6 Å². The highest BCUT2D eigenvalue weighted by molar-refractivity contribution is 14.1. The van der Waals surface area contributed by atoms with Gasteiger partial charge in [-0.05, 0) is 59.7 Å². The zero-order chi connectivity index (χ0) is 12.0. The van der Waals surface area contributed by atoms with Gasteiger partial charge in [0.05, 0.1) is 0 Å². The molecular weight excluding hydrogens is 319 g/mol. The number of carbonyl (C=O) groups excluding carboxylic acids is 1. The van der Waals surface area contributed by atoms with Crippen LogP contribution in [0.2, 0.25) is 0 Å². The predicted octanol–water partition coefficient (Wildman–Crippen LogP) is 2.10. The number of anilines is 1. The van der Waals surface area contributed by atoms with Crippen molar-refractivity contribution in [1.82, 2.24) is 5.32 Å². The molecule has 0 aliphatic carbocycles. The molecule has 0 saturated heterocycles. The van der Waals surface area contributed by atoms with Gasteiger partial charge in [-0.25, -0.2) is 4.79 Å². The number of aliphatic hydroxyl groups excluding tert-OH is 1. The van der Waals surface area contributed by atoms with Crippen LogP contribution in [0.25, 0.3) is 0 Å². The van der Waals surface area contributed by atoms with Crippen molar-refractivity contribution in [3.63, 3.8) is 0 Å². The van der Waals surface area contributed by atoms with E-state index >= 15 is 0 Å². The van der Waals surface area contributed by atoms with Crippen LogP contribution in [0.5, 0.6) is 0 Å². The maximum Gasteiger partial charge on any atom is 0.319 e. The Morgan fingerprint density at radius 2 is 2.25 bits per heavy atom. The van der Waals surface area contributed by atoms with E-state index in [1.807, 2.05) is 25.1 Å². The zero-order valence-electron chi connectivity index (χ0n) is 9.09. The Hall–Kier alpha value is -0.820. The molecule has 0 heterocycles. The number of nitrogens with one attached hydrogen (secondary N) is 2. The normalized spacial score (nSPS) is 9.94. The molecule has 0 fully saturated rings. The summed E-state index contributed by atoms with van der Waals surface area (Å²) in [7, 11) is 0. The maximum absolute atomic E-state index is 11.4. The predicted molar refractivity (Wildman–Crippen MR) is 72.6 cm³/mol. The third-order valence-electron chi connectivity index (χ3n) is 2.06. The van der Waals surface area contributed by atoms with Crippen LogP contribution >= 0.6 is 22.6 Å². The molecule has 3 N–H and O–H groups in total. The monoisotopic (exact) mass is 334 g/mol. The van der Waals surface area contributed by atoms with E-state index in [0.717, 1.165) is 14.8 Å². The van der Waals surface area contributed by atoms with Gasteiger partial charge < -0.3 is 15.7 Å². The second-order valence-electron chi connectivity index (χ2n) is 3.42. The number of benzene rings is 1. The maximum atomic E-state index is 11.4. The van der Waals surface area contributed by atoms with E-state index in [2.05, 4.69) is 33.2 Å². The largest absolute Gasteiger partial charge is 0.396 e. The van der Waals surface area contributed by atoms with Crippen molar-refractivity contribution in [3.8, 4) is 0 Å². The summed E-state index contributed by atoms with van der Waals surface area (Å²) in [5.41, 5.74) is 1.84. The minimum atomic E-state index is -0.238. The topological polar surface area (TPSA) is 61.4 Å². The lowest BCUT2D eigenvalue weighted by Gasteiger charge is -2.09. The smallest absolute Gasteiger partial charge is 0.319 e. The van der Waals surface area contributed by atoms with Gasteiger partial charge in [0, 0.05) is 22.4 Å². The SMILES string of the molecule is Cc1cc(I)ccc1NC(=O)NCCCO. The zero-order valence-corrected chi connectivity index (χ0v) is 11.2. The molecule has 0 radical (unpaired) electrons. The molecule has 16 heavy (non-hydrogen) atoms. The van der Waals surface area contributed by atoms with E-state index < -0.39 is 0 Å². The number of hydrogen-bond acceptors (Lipinski definition) is 2. The number of aliphatic hydroxyl groups is 1. The first-order valence-electron chi connectivity index (χ1n) is 5.05. The van der Waals surface area contributed by atoms with Gasteiger partial charge in [0.1, 0.15) is 0 Å². The number of aryl methyl sites for hydroxylation is 1. The molecule has 0 atom stereocenters. The van der Waals surface area contributed by atoms with Crippen molar-refractivity contribution in [1.29, 1.82) is 0 Å². The third-order valence-corrected chi connectivity index (χ3v) is 2.73. The van der Waals surface area contributed by atoms with Crippen LogP contribution in [0, 0.1) is 10.5 Å².